The predicted molar refractivity (Wildman–Crippen MR) is 96.5 cm³/mol. The second kappa shape index (κ2) is 9.31. The molecule has 2 aromatic carbocycles. The highest BCUT2D eigenvalue weighted by Gasteiger charge is 2.23. The number of nitrogens with zero attached hydrogens (tertiary/aromatic N) is 1. The van der Waals surface area contributed by atoms with E-state index in [9.17, 15) is 9.18 Å². The summed E-state index contributed by atoms with van der Waals surface area (Å²) in [6.45, 7) is 3.46. The Kier molecular flexibility index (Phi) is 6.57. The van der Waals surface area contributed by atoms with E-state index >= 15 is 0 Å². The quantitative estimate of drug-likeness (QED) is 0.826. The van der Waals surface area contributed by atoms with Gasteiger partial charge in [-0.2, -0.15) is 0 Å². The van der Waals surface area contributed by atoms with Gasteiger partial charge in [0.05, 0.1) is 19.3 Å². The molecule has 0 saturated carbocycles. The highest BCUT2D eigenvalue weighted by molar-refractivity contribution is 5.77. The molecule has 1 unspecified atom stereocenters. The largest absolute Gasteiger partial charge is 0.484 e. The molecule has 0 radical (unpaired) electrons. The monoisotopic (exact) mass is 358 g/mol. The minimum absolute atomic E-state index is 0.0925. The Hall–Kier alpha value is -2.44. The van der Waals surface area contributed by atoms with E-state index in [2.05, 4.69) is 22.3 Å². The molecule has 138 valence electrons. The van der Waals surface area contributed by atoms with Gasteiger partial charge < -0.3 is 14.8 Å². The second-order valence-corrected chi connectivity index (χ2v) is 6.12. The van der Waals surface area contributed by atoms with E-state index in [-0.39, 0.29) is 24.4 Å². The number of halogens is 1. The van der Waals surface area contributed by atoms with Crippen LogP contribution in [0.25, 0.3) is 0 Å². The first-order chi connectivity index (χ1) is 12.7. The van der Waals surface area contributed by atoms with Crippen LogP contribution in [0.5, 0.6) is 5.75 Å². The molecule has 1 atom stereocenters. The highest BCUT2D eigenvalue weighted by Crippen LogP contribution is 2.21. The van der Waals surface area contributed by atoms with Crippen LogP contribution < -0.4 is 10.1 Å². The van der Waals surface area contributed by atoms with Gasteiger partial charge in [0, 0.05) is 19.6 Å². The summed E-state index contributed by atoms with van der Waals surface area (Å²) in [5.74, 6) is -0.0733. The van der Waals surface area contributed by atoms with Gasteiger partial charge in [0.2, 0.25) is 0 Å². The summed E-state index contributed by atoms with van der Waals surface area (Å²) >= 11 is 0. The summed E-state index contributed by atoms with van der Waals surface area (Å²) in [4.78, 5) is 14.5. The van der Waals surface area contributed by atoms with Crippen molar-refractivity contribution < 1.29 is 18.7 Å². The molecule has 1 N–H and O–H groups in total. The molecule has 1 aliphatic rings. The SMILES string of the molecule is O=C(COc1ccc(F)cc1)NCC(c1ccccc1)N1CCOCC1. The molecule has 2 aromatic rings. The lowest BCUT2D eigenvalue weighted by atomic mass is 10.0. The van der Waals surface area contributed by atoms with Gasteiger partial charge in [-0.3, -0.25) is 9.69 Å². The third-order valence-corrected chi connectivity index (χ3v) is 4.35. The van der Waals surface area contributed by atoms with Crippen LogP contribution in [0.1, 0.15) is 11.6 Å². The molecular weight excluding hydrogens is 335 g/mol. The Bertz CT molecular complexity index is 688. The van der Waals surface area contributed by atoms with Gasteiger partial charge in [-0.25, -0.2) is 4.39 Å². The lowest BCUT2D eigenvalue weighted by Crippen LogP contribution is -2.44. The highest BCUT2D eigenvalue weighted by atomic mass is 19.1. The van der Waals surface area contributed by atoms with Gasteiger partial charge >= 0.3 is 0 Å². The molecule has 0 aromatic heterocycles. The van der Waals surface area contributed by atoms with Crippen molar-refractivity contribution in [2.45, 2.75) is 6.04 Å². The zero-order chi connectivity index (χ0) is 18.2. The fraction of sp³-hybridized carbons (Fsp3) is 0.350. The van der Waals surface area contributed by atoms with E-state index in [1.54, 1.807) is 0 Å². The number of carbonyl (C=O) groups excluding carboxylic acids is 1. The van der Waals surface area contributed by atoms with Crippen LogP contribution in [0, 0.1) is 5.82 Å². The number of carbonyl (C=O) groups is 1. The van der Waals surface area contributed by atoms with Crippen LogP contribution in [0.4, 0.5) is 4.39 Å². The van der Waals surface area contributed by atoms with E-state index in [0.717, 1.165) is 18.7 Å². The number of amides is 1. The van der Waals surface area contributed by atoms with Crippen molar-refractivity contribution in [3.05, 3.63) is 66.0 Å². The number of hydrogen-bond donors (Lipinski definition) is 1. The Morgan fingerprint density at radius 3 is 2.50 bits per heavy atom. The van der Waals surface area contributed by atoms with Crippen LogP contribution in [0.15, 0.2) is 54.6 Å². The molecule has 1 fully saturated rings. The van der Waals surface area contributed by atoms with Gasteiger partial charge in [-0.05, 0) is 29.8 Å². The molecule has 26 heavy (non-hydrogen) atoms. The molecule has 1 aliphatic heterocycles. The topological polar surface area (TPSA) is 50.8 Å². The smallest absolute Gasteiger partial charge is 0.258 e. The molecule has 1 saturated heterocycles. The Labute approximate surface area is 152 Å². The number of nitrogens with one attached hydrogen (secondary N) is 1. The van der Waals surface area contributed by atoms with Crippen molar-refractivity contribution in [1.82, 2.24) is 10.2 Å². The minimum Gasteiger partial charge on any atom is -0.484 e. The second-order valence-electron chi connectivity index (χ2n) is 6.12. The van der Waals surface area contributed by atoms with E-state index in [1.165, 1.54) is 24.3 Å². The van der Waals surface area contributed by atoms with E-state index in [1.807, 2.05) is 18.2 Å². The number of hydrogen-bond acceptors (Lipinski definition) is 4. The number of benzene rings is 2. The molecule has 6 heteroatoms. The lowest BCUT2D eigenvalue weighted by molar-refractivity contribution is -0.123. The van der Waals surface area contributed by atoms with Gasteiger partial charge in [0.1, 0.15) is 11.6 Å². The van der Waals surface area contributed by atoms with E-state index < -0.39 is 0 Å². The van der Waals surface area contributed by atoms with E-state index in [4.69, 9.17) is 9.47 Å². The molecule has 0 spiro atoms. The Morgan fingerprint density at radius 2 is 1.81 bits per heavy atom. The van der Waals surface area contributed by atoms with Crippen molar-refractivity contribution in [2.75, 3.05) is 39.5 Å². The number of rotatable bonds is 7. The van der Waals surface area contributed by atoms with Gasteiger partial charge in [0.15, 0.2) is 6.61 Å². The first kappa shape index (κ1) is 18.4. The number of ether oxygens (including phenoxy) is 2. The molecule has 3 rings (SSSR count). The maximum atomic E-state index is 12.9. The average Bonchev–Trinajstić information content (AvgIpc) is 2.69. The summed E-state index contributed by atoms with van der Waals surface area (Å²) < 4.78 is 23.7. The summed E-state index contributed by atoms with van der Waals surface area (Å²) in [5.41, 5.74) is 1.16. The fourth-order valence-corrected chi connectivity index (χ4v) is 2.96. The van der Waals surface area contributed by atoms with Gasteiger partial charge in [-0.15, -0.1) is 0 Å². The standard InChI is InChI=1S/C20H23FN2O3/c21-17-6-8-18(9-7-17)26-15-20(24)22-14-19(16-4-2-1-3-5-16)23-10-12-25-13-11-23/h1-9,19H,10-15H2,(H,22,24). The van der Waals surface area contributed by atoms with Crippen LogP contribution in [-0.2, 0) is 9.53 Å². The van der Waals surface area contributed by atoms with Crippen LogP contribution >= 0.6 is 0 Å². The Balaban J connectivity index is 1.54. The third-order valence-electron chi connectivity index (χ3n) is 4.35. The lowest BCUT2D eigenvalue weighted by Gasteiger charge is -2.34. The van der Waals surface area contributed by atoms with E-state index in [0.29, 0.717) is 25.5 Å². The molecule has 1 heterocycles. The zero-order valence-electron chi connectivity index (χ0n) is 14.6. The van der Waals surface area contributed by atoms with Crippen molar-refractivity contribution in [2.24, 2.45) is 0 Å². The summed E-state index contributed by atoms with van der Waals surface area (Å²) in [5, 5.41) is 2.94. The first-order valence-corrected chi connectivity index (χ1v) is 8.74. The summed E-state index contributed by atoms with van der Waals surface area (Å²) in [6.07, 6.45) is 0. The molecule has 0 bridgehead atoms. The van der Waals surface area contributed by atoms with Crippen molar-refractivity contribution >= 4 is 5.91 Å². The predicted octanol–water partition coefficient (Wildman–Crippen LogP) is 2.39. The zero-order valence-corrected chi connectivity index (χ0v) is 14.6. The normalized spacial score (nSPS) is 16.0. The van der Waals surface area contributed by atoms with Crippen molar-refractivity contribution in [3.63, 3.8) is 0 Å². The van der Waals surface area contributed by atoms with Crippen LogP contribution in [-0.4, -0.2) is 50.3 Å². The maximum Gasteiger partial charge on any atom is 0.258 e. The average molecular weight is 358 g/mol. The van der Waals surface area contributed by atoms with Crippen molar-refractivity contribution in [3.8, 4) is 5.75 Å². The number of morpholine rings is 1. The summed E-state index contributed by atoms with van der Waals surface area (Å²) in [6, 6.07) is 15.8. The fourth-order valence-electron chi connectivity index (χ4n) is 2.96. The van der Waals surface area contributed by atoms with Gasteiger partial charge in [-0.1, -0.05) is 30.3 Å². The molecule has 5 nitrogen and oxygen atoms in total. The van der Waals surface area contributed by atoms with Gasteiger partial charge in [0.25, 0.3) is 5.91 Å². The molecular formula is C20H23FN2O3. The molecule has 0 aliphatic carbocycles. The van der Waals surface area contributed by atoms with Crippen LogP contribution in [0.3, 0.4) is 0 Å². The van der Waals surface area contributed by atoms with Crippen LogP contribution in [0.2, 0.25) is 0 Å². The first-order valence-electron chi connectivity index (χ1n) is 8.74. The summed E-state index contributed by atoms with van der Waals surface area (Å²) in [7, 11) is 0. The minimum atomic E-state index is -0.335. The maximum absolute atomic E-state index is 12.9. The van der Waals surface area contributed by atoms with Crippen molar-refractivity contribution in [1.29, 1.82) is 0 Å². The Morgan fingerprint density at radius 1 is 1.12 bits per heavy atom. The molecule has 1 amide bonds. The third kappa shape index (κ3) is 5.28.